The lowest BCUT2D eigenvalue weighted by Crippen LogP contribution is -2.15. The molecule has 0 aliphatic carbocycles. The van der Waals surface area contributed by atoms with E-state index in [0.717, 1.165) is 6.07 Å². The number of aryl methyl sites for hydroxylation is 1. The van der Waals surface area contributed by atoms with Gasteiger partial charge < -0.3 is 5.32 Å². The number of fused-ring (bicyclic) bond motifs is 1. The predicted molar refractivity (Wildman–Crippen MR) is 99.7 cm³/mol. The number of benzene rings is 1. The highest BCUT2D eigenvalue weighted by atomic mass is 79.9. The molecule has 27 heavy (non-hydrogen) atoms. The molecule has 3 aromatic rings. The molecule has 0 saturated carbocycles. The van der Waals surface area contributed by atoms with Gasteiger partial charge in [-0.15, -0.1) is 0 Å². The number of halogens is 4. The van der Waals surface area contributed by atoms with Crippen molar-refractivity contribution in [2.75, 3.05) is 5.32 Å². The molecule has 0 atom stereocenters. The molecule has 0 unspecified atom stereocenters. The Balaban J connectivity index is 1.94. The van der Waals surface area contributed by atoms with Gasteiger partial charge in [-0.05, 0) is 45.0 Å². The maximum absolute atomic E-state index is 13.0. The van der Waals surface area contributed by atoms with Crippen molar-refractivity contribution in [3.63, 3.8) is 0 Å². The molecular formula is C18H16BrF3N4O. The zero-order valence-electron chi connectivity index (χ0n) is 14.7. The first kappa shape index (κ1) is 19.3. The van der Waals surface area contributed by atoms with E-state index in [1.54, 1.807) is 23.9 Å². The highest BCUT2D eigenvalue weighted by Gasteiger charge is 2.33. The maximum Gasteiger partial charge on any atom is 0.417 e. The second-order valence-corrected chi connectivity index (χ2v) is 7.22. The highest BCUT2D eigenvalue weighted by molar-refractivity contribution is 9.10. The third-order valence-corrected chi connectivity index (χ3v) is 4.71. The van der Waals surface area contributed by atoms with E-state index >= 15 is 0 Å². The van der Waals surface area contributed by atoms with E-state index in [4.69, 9.17) is 0 Å². The molecule has 2 aromatic heterocycles. The van der Waals surface area contributed by atoms with E-state index in [0.29, 0.717) is 16.7 Å². The molecule has 1 aromatic carbocycles. The topological polar surface area (TPSA) is 59.8 Å². The summed E-state index contributed by atoms with van der Waals surface area (Å²) in [6.07, 6.45) is -2.92. The van der Waals surface area contributed by atoms with Crippen LogP contribution in [0.4, 0.5) is 18.9 Å². The Hall–Kier alpha value is -2.42. The summed E-state index contributed by atoms with van der Waals surface area (Å²) in [4.78, 5) is 17.0. The molecule has 5 nitrogen and oxygen atoms in total. The van der Waals surface area contributed by atoms with Gasteiger partial charge in [-0.2, -0.15) is 18.3 Å². The van der Waals surface area contributed by atoms with Gasteiger partial charge in [0.15, 0.2) is 5.65 Å². The fourth-order valence-electron chi connectivity index (χ4n) is 2.69. The summed E-state index contributed by atoms with van der Waals surface area (Å²) in [6, 6.07) is 5.29. The molecule has 1 amide bonds. The molecule has 0 fully saturated rings. The number of rotatable bonds is 3. The van der Waals surface area contributed by atoms with Crippen molar-refractivity contribution in [2.45, 2.75) is 33.0 Å². The van der Waals surface area contributed by atoms with Crippen molar-refractivity contribution >= 4 is 38.6 Å². The molecule has 0 bridgehead atoms. The molecular weight excluding hydrogens is 425 g/mol. The number of hydrogen-bond donors (Lipinski definition) is 1. The molecule has 142 valence electrons. The van der Waals surface area contributed by atoms with E-state index < -0.39 is 17.6 Å². The van der Waals surface area contributed by atoms with Gasteiger partial charge in [0.25, 0.3) is 5.91 Å². The largest absolute Gasteiger partial charge is 0.417 e. The molecule has 0 radical (unpaired) electrons. The average Bonchev–Trinajstić information content (AvgIpc) is 2.97. The van der Waals surface area contributed by atoms with Crippen LogP contribution < -0.4 is 5.32 Å². The lowest BCUT2D eigenvalue weighted by atomic mass is 10.1. The van der Waals surface area contributed by atoms with E-state index in [-0.39, 0.29) is 21.8 Å². The van der Waals surface area contributed by atoms with Crippen LogP contribution >= 0.6 is 15.9 Å². The fraction of sp³-hybridized carbons (Fsp3) is 0.278. The second-order valence-electron chi connectivity index (χ2n) is 6.36. The lowest BCUT2D eigenvalue weighted by molar-refractivity contribution is -0.138. The summed E-state index contributed by atoms with van der Waals surface area (Å²) >= 11 is 2.88. The minimum absolute atomic E-state index is 0.0490. The number of nitrogens with zero attached hydrogens (tertiary/aromatic N) is 3. The summed E-state index contributed by atoms with van der Waals surface area (Å²) in [7, 11) is 0. The molecule has 0 aliphatic heterocycles. The van der Waals surface area contributed by atoms with Crippen LogP contribution in [0.1, 0.15) is 41.5 Å². The monoisotopic (exact) mass is 440 g/mol. The minimum Gasteiger partial charge on any atom is -0.322 e. The van der Waals surface area contributed by atoms with Crippen molar-refractivity contribution in [3.8, 4) is 0 Å². The number of aromatic nitrogens is 3. The Kier molecular flexibility index (Phi) is 4.98. The van der Waals surface area contributed by atoms with E-state index in [2.05, 4.69) is 31.3 Å². The smallest absolute Gasteiger partial charge is 0.322 e. The van der Waals surface area contributed by atoms with Gasteiger partial charge in [0, 0.05) is 21.6 Å². The predicted octanol–water partition coefficient (Wildman–Crippen LogP) is 5.35. The Labute approximate surface area is 161 Å². The van der Waals surface area contributed by atoms with Gasteiger partial charge in [0.2, 0.25) is 0 Å². The van der Waals surface area contributed by atoms with Crippen LogP contribution in [0.2, 0.25) is 0 Å². The van der Waals surface area contributed by atoms with Crippen LogP contribution in [0, 0.1) is 6.92 Å². The Bertz CT molecular complexity index is 1030. The van der Waals surface area contributed by atoms with Crippen LogP contribution in [-0.2, 0) is 6.18 Å². The number of amides is 1. The van der Waals surface area contributed by atoms with Gasteiger partial charge in [0.1, 0.15) is 0 Å². The first-order chi connectivity index (χ1) is 12.6. The van der Waals surface area contributed by atoms with Crippen molar-refractivity contribution in [1.82, 2.24) is 14.8 Å². The number of carbonyl (C=O) groups is 1. The van der Waals surface area contributed by atoms with Gasteiger partial charge >= 0.3 is 6.18 Å². The third-order valence-electron chi connectivity index (χ3n) is 4.02. The second kappa shape index (κ2) is 6.95. The van der Waals surface area contributed by atoms with E-state index in [1.807, 2.05) is 13.8 Å². The van der Waals surface area contributed by atoms with Gasteiger partial charge in [0.05, 0.1) is 23.0 Å². The van der Waals surface area contributed by atoms with E-state index in [9.17, 15) is 18.0 Å². The van der Waals surface area contributed by atoms with Crippen LogP contribution in [0.5, 0.6) is 0 Å². The zero-order chi connectivity index (χ0) is 19.9. The Morgan fingerprint density at radius 2 is 1.96 bits per heavy atom. The number of pyridine rings is 1. The first-order valence-electron chi connectivity index (χ1n) is 8.11. The normalized spacial score (nSPS) is 12.0. The standard InChI is InChI=1S/C18H16BrF3N4O/c1-9(2)26-16-11(8-23-26)6-13(10(3)24-16)17(27)25-12-4-5-15(19)14(7-12)18(20,21)22/h4-9H,1-3H3,(H,25,27). The number of carbonyl (C=O) groups excluding carboxylic acids is 1. The van der Waals surface area contributed by atoms with Gasteiger partial charge in [-0.3, -0.25) is 4.79 Å². The quantitative estimate of drug-likeness (QED) is 0.596. The third kappa shape index (κ3) is 3.83. The summed E-state index contributed by atoms with van der Waals surface area (Å²) in [5.74, 6) is -0.533. The summed E-state index contributed by atoms with van der Waals surface area (Å²) in [6.45, 7) is 5.61. The van der Waals surface area contributed by atoms with Crippen molar-refractivity contribution in [2.24, 2.45) is 0 Å². The minimum atomic E-state index is -4.53. The molecule has 9 heteroatoms. The Morgan fingerprint density at radius 3 is 2.59 bits per heavy atom. The van der Waals surface area contributed by atoms with Crippen LogP contribution in [0.3, 0.4) is 0 Å². The SMILES string of the molecule is Cc1nc2c(cnn2C(C)C)cc1C(=O)Nc1ccc(Br)c(C(F)(F)F)c1. The van der Waals surface area contributed by atoms with Crippen molar-refractivity contribution in [1.29, 1.82) is 0 Å². The Morgan fingerprint density at radius 1 is 1.26 bits per heavy atom. The fourth-order valence-corrected chi connectivity index (χ4v) is 3.16. The lowest BCUT2D eigenvalue weighted by Gasteiger charge is -2.13. The van der Waals surface area contributed by atoms with Crippen molar-refractivity contribution in [3.05, 3.63) is 51.8 Å². The average molecular weight is 441 g/mol. The number of alkyl halides is 3. The molecule has 0 aliphatic rings. The number of nitrogens with one attached hydrogen (secondary N) is 1. The van der Waals surface area contributed by atoms with Gasteiger partial charge in [-0.1, -0.05) is 15.9 Å². The summed E-state index contributed by atoms with van der Waals surface area (Å²) in [5.41, 5.74) is 0.594. The first-order valence-corrected chi connectivity index (χ1v) is 8.90. The maximum atomic E-state index is 13.0. The summed E-state index contributed by atoms with van der Waals surface area (Å²) < 4.78 is 40.8. The number of anilines is 1. The van der Waals surface area contributed by atoms with Crippen LogP contribution in [0.25, 0.3) is 11.0 Å². The molecule has 0 spiro atoms. The van der Waals surface area contributed by atoms with E-state index in [1.165, 1.54) is 12.1 Å². The zero-order valence-corrected chi connectivity index (χ0v) is 16.3. The molecule has 2 heterocycles. The summed E-state index contributed by atoms with van der Waals surface area (Å²) in [5, 5.41) is 7.45. The van der Waals surface area contributed by atoms with Gasteiger partial charge in [-0.25, -0.2) is 9.67 Å². The van der Waals surface area contributed by atoms with Crippen LogP contribution in [0.15, 0.2) is 34.9 Å². The molecule has 1 N–H and O–H groups in total. The molecule has 0 saturated heterocycles. The van der Waals surface area contributed by atoms with Crippen molar-refractivity contribution < 1.29 is 18.0 Å². The molecule has 3 rings (SSSR count). The number of hydrogen-bond acceptors (Lipinski definition) is 3. The highest BCUT2D eigenvalue weighted by Crippen LogP contribution is 2.36. The van der Waals surface area contributed by atoms with Crippen LogP contribution in [-0.4, -0.2) is 20.7 Å².